The highest BCUT2D eigenvalue weighted by Gasteiger charge is 2.11. The number of pyridine rings is 1. The van der Waals surface area contributed by atoms with Gasteiger partial charge in [0, 0.05) is 23.6 Å². The number of carbonyl (C=O) groups is 1. The molecular weight excluding hydrogens is 288 g/mol. The maximum atomic E-state index is 11.8. The van der Waals surface area contributed by atoms with Crippen LogP contribution in [0.4, 0.5) is 0 Å². The number of halogens is 1. The van der Waals surface area contributed by atoms with Gasteiger partial charge in [-0.1, -0.05) is 25.4 Å². The first kappa shape index (κ1) is 15.9. The lowest BCUT2D eigenvalue weighted by atomic mass is 10.2. The standard InChI is InChI=1S/C12H17ClN2O3S/c1-3-10-7-9(8-11(13)15-10)12(16)14-5-6-19(17,18)4-2/h7-8H,3-6H2,1-2H3,(H,14,16). The molecule has 0 bridgehead atoms. The third-order valence-electron chi connectivity index (χ3n) is 2.61. The molecule has 1 amide bonds. The SMILES string of the molecule is CCc1cc(C(=O)NCCS(=O)(=O)CC)cc(Cl)n1. The fourth-order valence-corrected chi connectivity index (χ4v) is 2.36. The number of carbonyl (C=O) groups excluding carboxylic acids is 1. The highest BCUT2D eigenvalue weighted by Crippen LogP contribution is 2.11. The number of sulfone groups is 1. The number of amides is 1. The van der Waals surface area contributed by atoms with Gasteiger partial charge in [0.05, 0.1) is 5.75 Å². The second-order valence-corrected chi connectivity index (χ2v) is 6.88. The quantitative estimate of drug-likeness (QED) is 0.807. The maximum absolute atomic E-state index is 11.8. The van der Waals surface area contributed by atoms with Gasteiger partial charge in [-0.25, -0.2) is 13.4 Å². The van der Waals surface area contributed by atoms with Crippen LogP contribution in [0.25, 0.3) is 0 Å². The highest BCUT2D eigenvalue weighted by molar-refractivity contribution is 7.91. The van der Waals surface area contributed by atoms with Crippen LogP contribution in [0.1, 0.15) is 29.9 Å². The summed E-state index contributed by atoms with van der Waals surface area (Å²) in [7, 11) is -3.07. The molecule has 0 atom stereocenters. The smallest absolute Gasteiger partial charge is 0.251 e. The third kappa shape index (κ3) is 5.16. The Bertz CT molecular complexity index is 558. The van der Waals surface area contributed by atoms with Crippen molar-refractivity contribution in [2.24, 2.45) is 0 Å². The summed E-state index contributed by atoms with van der Waals surface area (Å²) in [6, 6.07) is 3.11. The summed E-state index contributed by atoms with van der Waals surface area (Å²) in [6.45, 7) is 3.58. The lowest BCUT2D eigenvalue weighted by Gasteiger charge is -2.07. The molecule has 0 aromatic carbocycles. The molecule has 0 spiro atoms. The van der Waals surface area contributed by atoms with Crippen molar-refractivity contribution in [1.29, 1.82) is 0 Å². The largest absolute Gasteiger partial charge is 0.351 e. The fraction of sp³-hybridized carbons (Fsp3) is 0.500. The van der Waals surface area contributed by atoms with E-state index in [1.165, 1.54) is 6.07 Å². The monoisotopic (exact) mass is 304 g/mol. The predicted octanol–water partition coefficient (Wildman–Crippen LogP) is 1.46. The lowest BCUT2D eigenvalue weighted by Crippen LogP contribution is -2.29. The second kappa shape index (κ2) is 6.86. The molecule has 1 aromatic rings. The molecule has 0 aliphatic rings. The molecule has 19 heavy (non-hydrogen) atoms. The molecule has 0 fully saturated rings. The summed E-state index contributed by atoms with van der Waals surface area (Å²) in [6.07, 6.45) is 0.672. The van der Waals surface area contributed by atoms with E-state index in [1.54, 1.807) is 13.0 Å². The Labute approximate surface area is 118 Å². The summed E-state index contributed by atoms with van der Waals surface area (Å²) in [5.41, 5.74) is 1.12. The van der Waals surface area contributed by atoms with Gasteiger partial charge in [0.1, 0.15) is 5.15 Å². The summed E-state index contributed by atoms with van der Waals surface area (Å²) in [4.78, 5) is 15.9. The van der Waals surface area contributed by atoms with Crippen LogP contribution in [0.5, 0.6) is 0 Å². The molecule has 5 nitrogen and oxygen atoms in total. The zero-order valence-electron chi connectivity index (χ0n) is 10.9. The third-order valence-corrected chi connectivity index (χ3v) is 4.51. The minimum Gasteiger partial charge on any atom is -0.351 e. The van der Waals surface area contributed by atoms with Gasteiger partial charge >= 0.3 is 0 Å². The van der Waals surface area contributed by atoms with Gasteiger partial charge in [-0.15, -0.1) is 0 Å². The molecule has 0 unspecified atom stereocenters. The number of aromatic nitrogens is 1. The van der Waals surface area contributed by atoms with Gasteiger partial charge in [0.2, 0.25) is 0 Å². The molecule has 1 rings (SSSR count). The van der Waals surface area contributed by atoms with Crippen molar-refractivity contribution < 1.29 is 13.2 Å². The lowest BCUT2D eigenvalue weighted by molar-refractivity contribution is 0.0956. The Morgan fingerprint density at radius 3 is 2.63 bits per heavy atom. The minimum atomic E-state index is -3.07. The second-order valence-electron chi connectivity index (χ2n) is 4.02. The Morgan fingerprint density at radius 2 is 2.05 bits per heavy atom. The molecule has 106 valence electrons. The van der Waals surface area contributed by atoms with Gasteiger partial charge < -0.3 is 5.32 Å². The van der Waals surface area contributed by atoms with E-state index in [2.05, 4.69) is 10.3 Å². The van der Waals surface area contributed by atoms with E-state index in [1.807, 2.05) is 6.92 Å². The Hall–Kier alpha value is -1.14. The molecule has 1 heterocycles. The Balaban J connectivity index is 2.66. The van der Waals surface area contributed by atoms with Crippen molar-refractivity contribution in [3.8, 4) is 0 Å². The average molecular weight is 305 g/mol. The molecule has 0 saturated carbocycles. The van der Waals surface area contributed by atoms with Crippen molar-refractivity contribution in [3.05, 3.63) is 28.5 Å². The Morgan fingerprint density at radius 1 is 1.37 bits per heavy atom. The maximum Gasteiger partial charge on any atom is 0.251 e. The first-order valence-electron chi connectivity index (χ1n) is 6.03. The molecule has 0 aliphatic heterocycles. The van der Waals surface area contributed by atoms with E-state index in [9.17, 15) is 13.2 Å². The Kier molecular flexibility index (Phi) is 5.75. The predicted molar refractivity (Wildman–Crippen MR) is 75.3 cm³/mol. The van der Waals surface area contributed by atoms with Crippen molar-refractivity contribution >= 4 is 27.3 Å². The van der Waals surface area contributed by atoms with E-state index in [-0.39, 0.29) is 29.1 Å². The van der Waals surface area contributed by atoms with Gasteiger partial charge in [-0.2, -0.15) is 0 Å². The number of rotatable bonds is 6. The van der Waals surface area contributed by atoms with E-state index >= 15 is 0 Å². The number of aryl methyl sites for hydroxylation is 1. The van der Waals surface area contributed by atoms with Crippen molar-refractivity contribution in [2.45, 2.75) is 20.3 Å². The number of hydrogen-bond acceptors (Lipinski definition) is 4. The van der Waals surface area contributed by atoms with Gasteiger partial charge in [0.15, 0.2) is 9.84 Å². The van der Waals surface area contributed by atoms with Crippen molar-refractivity contribution in [1.82, 2.24) is 10.3 Å². The van der Waals surface area contributed by atoms with Crippen LogP contribution in [0.15, 0.2) is 12.1 Å². The van der Waals surface area contributed by atoms with Crippen LogP contribution >= 0.6 is 11.6 Å². The first-order valence-corrected chi connectivity index (χ1v) is 8.23. The van der Waals surface area contributed by atoms with E-state index in [0.717, 1.165) is 5.69 Å². The molecule has 0 radical (unpaired) electrons. The number of nitrogens with one attached hydrogen (secondary N) is 1. The molecule has 0 saturated heterocycles. The highest BCUT2D eigenvalue weighted by atomic mass is 35.5. The first-order chi connectivity index (χ1) is 8.88. The van der Waals surface area contributed by atoms with E-state index in [0.29, 0.717) is 12.0 Å². The van der Waals surface area contributed by atoms with Gasteiger partial charge in [-0.05, 0) is 18.6 Å². The normalized spacial score (nSPS) is 11.3. The molecule has 7 heteroatoms. The van der Waals surface area contributed by atoms with E-state index < -0.39 is 9.84 Å². The number of hydrogen-bond donors (Lipinski definition) is 1. The molecule has 1 aromatic heterocycles. The molecular formula is C12H17ClN2O3S. The van der Waals surface area contributed by atoms with Crippen molar-refractivity contribution in [2.75, 3.05) is 18.1 Å². The van der Waals surface area contributed by atoms with Crippen molar-refractivity contribution in [3.63, 3.8) is 0 Å². The van der Waals surface area contributed by atoms with E-state index in [4.69, 9.17) is 11.6 Å². The average Bonchev–Trinajstić information content (AvgIpc) is 2.37. The van der Waals surface area contributed by atoms with Gasteiger partial charge in [-0.3, -0.25) is 4.79 Å². The fourth-order valence-electron chi connectivity index (χ4n) is 1.43. The summed E-state index contributed by atoms with van der Waals surface area (Å²) in [5.74, 6) is -0.330. The van der Waals surface area contributed by atoms with Crippen LogP contribution in [0.3, 0.4) is 0 Å². The molecule has 0 aliphatic carbocycles. The number of nitrogens with zero attached hydrogens (tertiary/aromatic N) is 1. The zero-order valence-corrected chi connectivity index (χ0v) is 12.5. The summed E-state index contributed by atoms with van der Waals surface area (Å²) < 4.78 is 22.6. The van der Waals surface area contributed by atoms with Gasteiger partial charge in [0.25, 0.3) is 5.91 Å². The zero-order chi connectivity index (χ0) is 14.5. The van der Waals surface area contributed by atoms with Crippen LogP contribution < -0.4 is 5.32 Å². The van der Waals surface area contributed by atoms with Crippen LogP contribution in [0.2, 0.25) is 5.15 Å². The van der Waals surface area contributed by atoms with Crippen LogP contribution in [-0.4, -0.2) is 37.4 Å². The summed E-state index contributed by atoms with van der Waals surface area (Å²) in [5, 5.41) is 2.82. The van der Waals surface area contributed by atoms with Crippen LogP contribution in [0, 0.1) is 0 Å². The topological polar surface area (TPSA) is 76.1 Å². The van der Waals surface area contributed by atoms with Crippen LogP contribution in [-0.2, 0) is 16.3 Å². The minimum absolute atomic E-state index is 0.0608. The summed E-state index contributed by atoms with van der Waals surface area (Å²) >= 11 is 5.81. The molecule has 1 N–H and O–H groups in total.